The highest BCUT2D eigenvalue weighted by atomic mass is 32.2. The van der Waals surface area contributed by atoms with Crippen molar-refractivity contribution in [3.8, 4) is 0 Å². The Hall–Kier alpha value is -0.510. The van der Waals surface area contributed by atoms with Gasteiger partial charge in [0.05, 0.1) is 6.61 Å². The van der Waals surface area contributed by atoms with E-state index < -0.39 is 0 Å². The third kappa shape index (κ3) is 5.11. The summed E-state index contributed by atoms with van der Waals surface area (Å²) in [7, 11) is 0. The maximum Gasteiger partial charge on any atom is 0.0584 e. The number of rotatable bonds is 7. The number of likely N-dealkylation sites (N-methyl/N-ethyl adjacent to an activating group) is 1. The molecule has 2 N–H and O–H groups in total. The van der Waals surface area contributed by atoms with E-state index in [1.807, 2.05) is 11.8 Å². The lowest BCUT2D eigenvalue weighted by Gasteiger charge is -2.14. The predicted molar refractivity (Wildman–Crippen MR) is 75.8 cm³/mol. The van der Waals surface area contributed by atoms with Gasteiger partial charge < -0.3 is 10.4 Å². The fraction of sp³-hybridized carbons (Fsp3) is 0.571. The molecule has 0 radical (unpaired) electrons. The lowest BCUT2D eigenvalue weighted by molar-refractivity contribution is 0.242. The molecule has 0 saturated carbocycles. The second-order valence-corrected chi connectivity index (χ2v) is 5.49. The van der Waals surface area contributed by atoms with E-state index in [1.165, 1.54) is 16.0 Å². The van der Waals surface area contributed by atoms with Gasteiger partial charge in [-0.1, -0.05) is 13.0 Å². The summed E-state index contributed by atoms with van der Waals surface area (Å²) in [6.07, 6.45) is 1.00. The fourth-order valence-electron chi connectivity index (χ4n) is 1.67. The molecule has 0 aromatic heterocycles. The number of hydrogen-bond donors (Lipinski definition) is 2. The van der Waals surface area contributed by atoms with Crippen molar-refractivity contribution in [2.24, 2.45) is 0 Å². The molecular formula is C14H23NOS. The van der Waals surface area contributed by atoms with Crippen molar-refractivity contribution in [3.05, 3.63) is 29.3 Å². The Balaban J connectivity index is 2.37. The Morgan fingerprint density at radius 2 is 2.06 bits per heavy atom. The lowest BCUT2D eigenvalue weighted by Crippen LogP contribution is -2.32. The predicted octanol–water partition coefficient (Wildman–Crippen LogP) is 2.76. The van der Waals surface area contributed by atoms with Gasteiger partial charge in [-0.15, -0.1) is 11.8 Å². The molecule has 1 atom stereocenters. The highest BCUT2D eigenvalue weighted by Gasteiger charge is 2.05. The van der Waals surface area contributed by atoms with Gasteiger partial charge in [0.2, 0.25) is 0 Å². The zero-order valence-electron chi connectivity index (χ0n) is 11.0. The van der Waals surface area contributed by atoms with Gasteiger partial charge in [-0.25, -0.2) is 0 Å². The minimum atomic E-state index is 0.224. The van der Waals surface area contributed by atoms with Crippen molar-refractivity contribution in [3.63, 3.8) is 0 Å². The molecular weight excluding hydrogens is 230 g/mol. The summed E-state index contributed by atoms with van der Waals surface area (Å²) >= 11 is 1.86. The molecule has 0 fully saturated rings. The van der Waals surface area contributed by atoms with Crippen molar-refractivity contribution in [2.45, 2.75) is 38.1 Å². The third-order valence-electron chi connectivity index (χ3n) is 2.93. The summed E-state index contributed by atoms with van der Waals surface area (Å²) < 4.78 is 0. The van der Waals surface area contributed by atoms with Crippen LogP contribution in [-0.4, -0.2) is 30.1 Å². The first-order chi connectivity index (χ1) is 8.17. The Morgan fingerprint density at radius 3 is 2.65 bits per heavy atom. The summed E-state index contributed by atoms with van der Waals surface area (Å²) in [5.41, 5.74) is 2.69. The molecule has 17 heavy (non-hydrogen) atoms. The molecule has 1 unspecified atom stereocenters. The van der Waals surface area contributed by atoms with Crippen LogP contribution in [0.1, 0.15) is 24.5 Å². The fourth-order valence-corrected chi connectivity index (χ4v) is 2.73. The highest BCUT2D eigenvalue weighted by molar-refractivity contribution is 7.99. The number of aliphatic hydroxyl groups is 1. The number of thioether (sulfide) groups is 1. The second-order valence-electron chi connectivity index (χ2n) is 4.32. The van der Waals surface area contributed by atoms with E-state index in [0.29, 0.717) is 0 Å². The number of nitrogens with one attached hydrogen (secondary N) is 1. The first kappa shape index (κ1) is 14.6. The molecule has 1 aromatic rings. The minimum absolute atomic E-state index is 0.224. The first-order valence-corrected chi connectivity index (χ1v) is 7.20. The topological polar surface area (TPSA) is 32.3 Å². The van der Waals surface area contributed by atoms with Gasteiger partial charge in [-0.2, -0.15) is 0 Å². The van der Waals surface area contributed by atoms with Crippen LogP contribution in [0.5, 0.6) is 0 Å². The van der Waals surface area contributed by atoms with Gasteiger partial charge in [0, 0.05) is 10.9 Å². The van der Waals surface area contributed by atoms with Crippen LogP contribution in [0.2, 0.25) is 0 Å². The van der Waals surface area contributed by atoms with Crippen LogP contribution < -0.4 is 5.32 Å². The van der Waals surface area contributed by atoms with Crippen molar-refractivity contribution >= 4 is 11.8 Å². The Labute approximate surface area is 109 Å². The quantitative estimate of drug-likeness (QED) is 0.733. The van der Waals surface area contributed by atoms with Crippen molar-refractivity contribution in [2.75, 3.05) is 18.9 Å². The molecule has 0 aliphatic rings. The molecule has 2 nitrogen and oxygen atoms in total. The second kappa shape index (κ2) is 7.75. The number of benzene rings is 1. The van der Waals surface area contributed by atoms with Crippen LogP contribution in [0.3, 0.4) is 0 Å². The number of aryl methyl sites for hydroxylation is 2. The number of hydrogen-bond acceptors (Lipinski definition) is 3. The van der Waals surface area contributed by atoms with Crippen LogP contribution in [0, 0.1) is 13.8 Å². The van der Waals surface area contributed by atoms with Crippen LogP contribution in [0.25, 0.3) is 0 Å². The summed E-state index contributed by atoms with van der Waals surface area (Å²) in [4.78, 5) is 1.32. The van der Waals surface area contributed by atoms with E-state index in [1.54, 1.807) is 0 Å². The minimum Gasteiger partial charge on any atom is -0.395 e. The third-order valence-corrected chi connectivity index (χ3v) is 3.95. The van der Waals surface area contributed by atoms with Crippen LogP contribution in [-0.2, 0) is 0 Å². The summed E-state index contributed by atoms with van der Waals surface area (Å²) in [5.74, 6) is 1.04. The molecule has 0 saturated heterocycles. The van der Waals surface area contributed by atoms with Gasteiger partial charge in [-0.3, -0.25) is 0 Å². The van der Waals surface area contributed by atoms with Crippen LogP contribution in [0.15, 0.2) is 23.1 Å². The lowest BCUT2D eigenvalue weighted by atomic mass is 10.1. The van der Waals surface area contributed by atoms with Gasteiger partial charge >= 0.3 is 0 Å². The molecule has 0 bridgehead atoms. The maximum absolute atomic E-state index is 9.16. The Bertz CT molecular complexity index is 341. The standard InChI is InChI=1S/C14H23NOS/c1-4-15-13(10-16)7-8-17-14-6-5-11(2)12(3)9-14/h5-6,9,13,15-16H,4,7-8,10H2,1-3H3. The zero-order chi connectivity index (χ0) is 12.7. The molecule has 0 aliphatic carbocycles. The van der Waals surface area contributed by atoms with Gasteiger partial charge in [0.25, 0.3) is 0 Å². The Morgan fingerprint density at radius 1 is 1.29 bits per heavy atom. The van der Waals surface area contributed by atoms with Crippen molar-refractivity contribution in [1.29, 1.82) is 0 Å². The van der Waals surface area contributed by atoms with Crippen LogP contribution >= 0.6 is 11.8 Å². The smallest absolute Gasteiger partial charge is 0.0584 e. The Kier molecular flexibility index (Phi) is 6.63. The van der Waals surface area contributed by atoms with Gasteiger partial charge in [-0.05, 0) is 55.8 Å². The van der Waals surface area contributed by atoms with E-state index in [9.17, 15) is 0 Å². The van der Waals surface area contributed by atoms with E-state index >= 15 is 0 Å². The maximum atomic E-state index is 9.16. The summed E-state index contributed by atoms with van der Waals surface area (Å²) in [5, 5.41) is 12.4. The molecule has 1 rings (SSSR count). The van der Waals surface area contributed by atoms with Gasteiger partial charge in [0.1, 0.15) is 0 Å². The average molecular weight is 253 g/mol. The first-order valence-electron chi connectivity index (χ1n) is 6.21. The normalized spacial score (nSPS) is 12.7. The molecule has 0 amide bonds. The van der Waals surface area contributed by atoms with E-state index in [4.69, 9.17) is 5.11 Å². The van der Waals surface area contributed by atoms with E-state index in [-0.39, 0.29) is 12.6 Å². The molecule has 0 spiro atoms. The molecule has 3 heteroatoms. The van der Waals surface area contributed by atoms with Crippen molar-refractivity contribution < 1.29 is 5.11 Å². The number of aliphatic hydroxyl groups excluding tert-OH is 1. The SMILES string of the molecule is CCNC(CO)CCSc1ccc(C)c(C)c1. The van der Waals surface area contributed by atoms with Gasteiger partial charge in [0.15, 0.2) is 0 Å². The molecule has 0 heterocycles. The summed E-state index contributed by atoms with van der Waals surface area (Å²) in [6.45, 7) is 7.49. The van der Waals surface area contributed by atoms with E-state index in [2.05, 4.69) is 44.3 Å². The monoisotopic (exact) mass is 253 g/mol. The zero-order valence-corrected chi connectivity index (χ0v) is 11.8. The molecule has 1 aromatic carbocycles. The highest BCUT2D eigenvalue weighted by Crippen LogP contribution is 2.22. The summed E-state index contributed by atoms with van der Waals surface area (Å²) in [6, 6.07) is 6.82. The molecule has 96 valence electrons. The average Bonchev–Trinajstić information content (AvgIpc) is 2.32. The largest absolute Gasteiger partial charge is 0.395 e. The van der Waals surface area contributed by atoms with E-state index in [0.717, 1.165) is 18.7 Å². The van der Waals surface area contributed by atoms with Crippen LogP contribution in [0.4, 0.5) is 0 Å². The van der Waals surface area contributed by atoms with Crippen molar-refractivity contribution in [1.82, 2.24) is 5.32 Å². The molecule has 0 aliphatic heterocycles.